The first kappa shape index (κ1) is 18.5. The van der Waals surface area contributed by atoms with E-state index in [0.717, 1.165) is 17.8 Å². The Kier molecular flexibility index (Phi) is 6.58. The molecule has 4 unspecified atom stereocenters. The van der Waals surface area contributed by atoms with E-state index in [-0.39, 0.29) is 24.8 Å². The molecule has 1 saturated carbocycles. The Morgan fingerprint density at radius 2 is 1.80 bits per heavy atom. The molecule has 4 atom stereocenters. The molecule has 0 radical (unpaired) electrons. The van der Waals surface area contributed by atoms with Gasteiger partial charge in [-0.15, -0.1) is 0 Å². The zero-order chi connectivity index (χ0) is 12.8. The third kappa shape index (κ3) is 2.97. The van der Waals surface area contributed by atoms with E-state index in [9.17, 15) is 0 Å². The summed E-state index contributed by atoms with van der Waals surface area (Å²) in [6, 6.07) is 0. The minimum Gasteiger partial charge on any atom is -1.00 e. The molecule has 0 bridgehead atoms. The van der Waals surface area contributed by atoms with Crippen molar-refractivity contribution in [2.75, 3.05) is 0 Å². The first-order chi connectivity index (χ1) is 8.63. The van der Waals surface area contributed by atoms with Gasteiger partial charge in [0.25, 0.3) is 0 Å². The summed E-state index contributed by atoms with van der Waals surface area (Å²) in [7, 11) is 0. The predicted octanol–water partition coefficient (Wildman–Crippen LogP) is -1.11. The average molecular weight is 388 g/mol. The fourth-order valence-corrected chi connectivity index (χ4v) is 8.74. The zero-order valence-corrected chi connectivity index (χ0v) is 16.3. The largest absolute Gasteiger partial charge is 1.00 e. The molecule has 0 aromatic heterocycles. The molecule has 20 heavy (non-hydrogen) atoms. The van der Waals surface area contributed by atoms with Crippen molar-refractivity contribution < 1.29 is 48.0 Å². The van der Waals surface area contributed by atoms with E-state index >= 15 is 0 Å². The van der Waals surface area contributed by atoms with Gasteiger partial charge < -0.3 is 24.8 Å². The van der Waals surface area contributed by atoms with Gasteiger partial charge in [0.1, 0.15) is 0 Å². The molecular formula is C17H22Cl2Zr. The average Bonchev–Trinajstić information content (AvgIpc) is 2.94. The maximum atomic E-state index is 2.57. The zero-order valence-electron chi connectivity index (χ0n) is 12.4. The molecule has 0 aromatic rings. The van der Waals surface area contributed by atoms with E-state index < -0.39 is 23.2 Å². The Labute approximate surface area is 147 Å². The summed E-state index contributed by atoms with van der Waals surface area (Å²) in [6.07, 6.45) is 16.6. The minimum absolute atomic E-state index is 0. The van der Waals surface area contributed by atoms with Crippen LogP contribution in [0.25, 0.3) is 0 Å². The van der Waals surface area contributed by atoms with Crippen LogP contribution in [0.2, 0.25) is 3.12 Å². The first-order valence-corrected chi connectivity index (χ1v) is 9.60. The van der Waals surface area contributed by atoms with Crippen LogP contribution in [0.1, 0.15) is 33.6 Å². The van der Waals surface area contributed by atoms with Crippen molar-refractivity contribution >= 4 is 0 Å². The third-order valence-electron chi connectivity index (χ3n) is 5.33. The molecule has 0 amide bonds. The van der Waals surface area contributed by atoms with Crippen molar-refractivity contribution in [3.8, 4) is 0 Å². The molecule has 3 rings (SSSR count). The topological polar surface area (TPSA) is 0 Å². The molecule has 0 aliphatic heterocycles. The molecule has 0 N–H and O–H groups in total. The maximum Gasteiger partial charge on any atom is -1.00 e. The number of rotatable bonds is 2. The van der Waals surface area contributed by atoms with Gasteiger partial charge in [-0.3, -0.25) is 0 Å². The molecule has 0 spiro atoms. The molecule has 3 heteroatoms. The van der Waals surface area contributed by atoms with Crippen LogP contribution in [-0.4, -0.2) is 0 Å². The molecule has 0 saturated heterocycles. The fraction of sp³-hybridized carbons (Fsp3) is 0.529. The maximum absolute atomic E-state index is 2.57. The molecule has 0 heterocycles. The summed E-state index contributed by atoms with van der Waals surface area (Å²) in [6.45, 7) is 7.56. The van der Waals surface area contributed by atoms with E-state index in [1.807, 2.05) is 0 Å². The Bertz CT molecular complexity index is 475. The standard InChI is InChI=1S/C12H17.C5H5.2ClH.Zr/c1-8-9(2)11-6-4-5-7-12(11)10(8)3;1-2-4-5-3-1;;;/h4-6,8,10,12H,7H2,1-3H3;1-3H,4H2;2*1H;/q;;;;+2/p-2. The van der Waals surface area contributed by atoms with Gasteiger partial charge in [-0.05, 0) is 0 Å². The smallest absolute Gasteiger partial charge is 1.00 e. The Hall–Kier alpha value is 0.423. The summed E-state index contributed by atoms with van der Waals surface area (Å²) in [5.41, 5.74) is 1.80. The Morgan fingerprint density at radius 3 is 2.45 bits per heavy atom. The van der Waals surface area contributed by atoms with E-state index in [1.54, 1.807) is 8.85 Å². The van der Waals surface area contributed by atoms with E-state index in [0.29, 0.717) is 3.12 Å². The van der Waals surface area contributed by atoms with Crippen molar-refractivity contribution in [3.63, 3.8) is 0 Å². The number of allylic oxidation sites excluding steroid dienone is 8. The Morgan fingerprint density at radius 1 is 1.10 bits per heavy atom. The van der Waals surface area contributed by atoms with Gasteiger partial charge in [-0.2, -0.15) is 0 Å². The predicted molar refractivity (Wildman–Crippen MR) is 73.9 cm³/mol. The van der Waals surface area contributed by atoms with E-state index in [2.05, 4.69) is 57.2 Å². The van der Waals surface area contributed by atoms with Crippen molar-refractivity contribution in [2.24, 2.45) is 17.8 Å². The van der Waals surface area contributed by atoms with Gasteiger partial charge in [-0.1, -0.05) is 0 Å². The van der Waals surface area contributed by atoms with Gasteiger partial charge in [0.15, 0.2) is 0 Å². The van der Waals surface area contributed by atoms with Crippen molar-refractivity contribution in [1.29, 1.82) is 0 Å². The van der Waals surface area contributed by atoms with Crippen molar-refractivity contribution in [1.82, 2.24) is 0 Å². The fourth-order valence-electron chi connectivity index (χ4n) is 3.90. The number of hydrogen-bond acceptors (Lipinski definition) is 0. The molecule has 0 aromatic carbocycles. The van der Waals surface area contributed by atoms with Crippen LogP contribution in [0.5, 0.6) is 0 Å². The third-order valence-corrected chi connectivity index (χ3v) is 10.1. The molecule has 0 nitrogen and oxygen atoms in total. The van der Waals surface area contributed by atoms with Gasteiger partial charge in [-0.25, -0.2) is 0 Å². The van der Waals surface area contributed by atoms with Gasteiger partial charge in [0, 0.05) is 0 Å². The number of fused-ring (bicyclic) bond motifs is 1. The van der Waals surface area contributed by atoms with Crippen LogP contribution in [0.4, 0.5) is 0 Å². The van der Waals surface area contributed by atoms with Crippen LogP contribution in [0.3, 0.4) is 0 Å². The summed E-state index contributed by atoms with van der Waals surface area (Å²) >= 11 is -0.502. The summed E-state index contributed by atoms with van der Waals surface area (Å²) in [5.74, 6) is 2.56. The number of hydrogen-bond donors (Lipinski definition) is 0. The molecule has 108 valence electrons. The quantitative estimate of drug-likeness (QED) is 0.563. The number of halogens is 2. The summed E-state index contributed by atoms with van der Waals surface area (Å²) < 4.78 is 2.34. The van der Waals surface area contributed by atoms with Crippen molar-refractivity contribution in [2.45, 2.75) is 36.7 Å². The Balaban J connectivity index is 0.000001000. The van der Waals surface area contributed by atoms with Crippen LogP contribution < -0.4 is 24.8 Å². The van der Waals surface area contributed by atoms with Gasteiger partial charge >= 0.3 is 123 Å². The summed E-state index contributed by atoms with van der Waals surface area (Å²) in [5, 5.41) is 0. The first-order valence-electron chi connectivity index (χ1n) is 7.14. The van der Waals surface area contributed by atoms with Crippen LogP contribution >= 0.6 is 0 Å². The molecular weight excluding hydrogens is 366 g/mol. The van der Waals surface area contributed by atoms with Gasteiger partial charge in [0.2, 0.25) is 0 Å². The molecule has 1 fully saturated rings. The van der Waals surface area contributed by atoms with E-state index in [4.69, 9.17) is 0 Å². The minimum atomic E-state index is -0.502. The SMILES string of the molecule is CC1C2CC=CC=C2[C](C)([Zr+2][C]2=CC=CC2)C1C.[Cl-].[Cl-]. The van der Waals surface area contributed by atoms with Crippen LogP contribution in [0.15, 0.2) is 45.3 Å². The second-order valence-electron chi connectivity index (χ2n) is 6.19. The summed E-state index contributed by atoms with van der Waals surface area (Å²) in [4.78, 5) is 0. The molecule has 3 aliphatic rings. The van der Waals surface area contributed by atoms with Crippen LogP contribution in [-0.2, 0) is 23.2 Å². The normalized spacial score (nSPS) is 37.2. The molecule has 3 aliphatic carbocycles. The monoisotopic (exact) mass is 386 g/mol. The van der Waals surface area contributed by atoms with Gasteiger partial charge in [0.05, 0.1) is 0 Å². The second kappa shape index (κ2) is 7.12. The van der Waals surface area contributed by atoms with Crippen molar-refractivity contribution in [3.05, 3.63) is 45.3 Å². The second-order valence-corrected chi connectivity index (χ2v) is 10.9. The van der Waals surface area contributed by atoms with E-state index in [1.165, 1.54) is 12.8 Å². The van der Waals surface area contributed by atoms with Crippen LogP contribution in [0, 0.1) is 17.8 Å².